The van der Waals surface area contributed by atoms with Crippen LogP contribution in [0.2, 0.25) is 10.0 Å². The topological polar surface area (TPSA) is 48.2 Å². The molecule has 0 saturated carbocycles. The summed E-state index contributed by atoms with van der Waals surface area (Å²) < 4.78 is 11.4. The molecule has 21 heavy (non-hydrogen) atoms. The number of ether oxygens (including phenoxy) is 1. The molecule has 3 rings (SSSR count). The minimum Gasteiger partial charge on any atom is -0.479 e. The first kappa shape index (κ1) is 14.4. The molecule has 0 aliphatic rings. The summed E-state index contributed by atoms with van der Waals surface area (Å²) >= 11 is 13.5. The summed E-state index contributed by atoms with van der Waals surface area (Å²) in [4.78, 5) is 0.922. The van der Waals surface area contributed by atoms with Gasteiger partial charge in [0.25, 0.3) is 11.8 Å². The van der Waals surface area contributed by atoms with Crippen LogP contribution in [0.1, 0.15) is 18.9 Å². The van der Waals surface area contributed by atoms with Crippen LogP contribution >= 0.6 is 34.5 Å². The lowest BCUT2D eigenvalue weighted by Crippen LogP contribution is -2.03. The van der Waals surface area contributed by atoms with Gasteiger partial charge in [0.05, 0.1) is 9.90 Å². The fourth-order valence-corrected chi connectivity index (χ4v) is 2.81. The summed E-state index contributed by atoms with van der Waals surface area (Å²) in [6.45, 7) is 1.82. The molecule has 0 N–H and O–H groups in total. The first-order valence-electron chi connectivity index (χ1n) is 6.12. The summed E-state index contributed by atoms with van der Waals surface area (Å²) in [6, 6.07) is 8.88. The summed E-state index contributed by atoms with van der Waals surface area (Å²) in [6.07, 6.45) is -0.412. The lowest BCUT2D eigenvalue weighted by Gasteiger charge is -2.12. The second kappa shape index (κ2) is 6.05. The van der Waals surface area contributed by atoms with Gasteiger partial charge in [-0.2, -0.15) is 0 Å². The van der Waals surface area contributed by atoms with Crippen LogP contribution in [0.3, 0.4) is 0 Å². The molecule has 4 nitrogen and oxygen atoms in total. The predicted molar refractivity (Wildman–Crippen MR) is 83.1 cm³/mol. The molecule has 1 aromatic carbocycles. The summed E-state index contributed by atoms with van der Waals surface area (Å²) in [5.41, 5.74) is 0. The number of aromatic nitrogens is 2. The molecule has 0 amide bonds. The maximum Gasteiger partial charge on any atom is 0.257 e. The van der Waals surface area contributed by atoms with Crippen molar-refractivity contribution < 1.29 is 9.15 Å². The quantitative estimate of drug-likeness (QED) is 0.651. The molecule has 0 aliphatic carbocycles. The van der Waals surface area contributed by atoms with E-state index in [4.69, 9.17) is 32.4 Å². The van der Waals surface area contributed by atoms with Crippen molar-refractivity contribution in [2.75, 3.05) is 0 Å². The molecule has 0 aliphatic heterocycles. The van der Waals surface area contributed by atoms with E-state index >= 15 is 0 Å². The Bertz CT molecular complexity index is 743. The maximum atomic E-state index is 6.07. The Kier molecular flexibility index (Phi) is 4.14. The Morgan fingerprint density at radius 3 is 2.81 bits per heavy atom. The molecule has 3 aromatic rings. The van der Waals surface area contributed by atoms with Gasteiger partial charge in [-0.1, -0.05) is 29.3 Å². The zero-order chi connectivity index (χ0) is 14.8. The first-order chi connectivity index (χ1) is 10.1. The van der Waals surface area contributed by atoms with E-state index in [-0.39, 0.29) is 0 Å². The molecule has 1 atom stereocenters. The summed E-state index contributed by atoms with van der Waals surface area (Å²) in [5.74, 6) is 1.39. The molecule has 0 bridgehead atoms. The van der Waals surface area contributed by atoms with Crippen LogP contribution in [0.4, 0.5) is 0 Å². The maximum absolute atomic E-state index is 6.07. The Hall–Kier alpha value is -1.56. The fraction of sp³-hybridized carbons (Fsp3) is 0.143. The normalized spacial score (nSPS) is 12.3. The Labute approximate surface area is 135 Å². The van der Waals surface area contributed by atoms with Gasteiger partial charge in [0.2, 0.25) is 0 Å². The van der Waals surface area contributed by atoms with E-state index in [1.807, 2.05) is 24.4 Å². The van der Waals surface area contributed by atoms with Crippen molar-refractivity contribution in [1.82, 2.24) is 10.2 Å². The van der Waals surface area contributed by atoms with Crippen molar-refractivity contribution in [2.24, 2.45) is 0 Å². The minimum atomic E-state index is -0.412. The van der Waals surface area contributed by atoms with E-state index < -0.39 is 6.10 Å². The average Bonchev–Trinajstić information content (AvgIpc) is 3.10. The van der Waals surface area contributed by atoms with E-state index in [2.05, 4.69) is 10.2 Å². The standard InChI is InChI=1S/C14H10Cl2N2O2S/c1-8(19-11-5-4-9(15)7-10(11)16)13-17-18-14(20-13)12-3-2-6-21-12/h2-8H,1H3/t8-/m1/s1. The van der Waals surface area contributed by atoms with Crippen LogP contribution in [0.25, 0.3) is 10.8 Å². The zero-order valence-corrected chi connectivity index (χ0v) is 13.2. The molecule has 0 saturated heterocycles. The molecule has 2 aromatic heterocycles. The average molecular weight is 341 g/mol. The number of hydrogen-bond donors (Lipinski definition) is 0. The third kappa shape index (κ3) is 3.20. The van der Waals surface area contributed by atoms with Gasteiger partial charge in [-0.25, -0.2) is 0 Å². The van der Waals surface area contributed by atoms with Gasteiger partial charge in [-0.3, -0.25) is 0 Å². The van der Waals surface area contributed by atoms with Gasteiger partial charge in [-0.15, -0.1) is 21.5 Å². The van der Waals surface area contributed by atoms with E-state index in [9.17, 15) is 0 Å². The Balaban J connectivity index is 1.78. The fourth-order valence-electron chi connectivity index (χ4n) is 1.71. The van der Waals surface area contributed by atoms with Gasteiger partial charge in [-0.05, 0) is 36.6 Å². The van der Waals surface area contributed by atoms with Gasteiger partial charge in [0.15, 0.2) is 6.10 Å². The van der Waals surface area contributed by atoms with Crippen molar-refractivity contribution in [3.63, 3.8) is 0 Å². The molecular weight excluding hydrogens is 331 g/mol. The van der Waals surface area contributed by atoms with Gasteiger partial charge in [0, 0.05) is 5.02 Å². The number of thiophene rings is 1. The predicted octanol–water partition coefficient (Wildman–Crippen LogP) is 5.24. The highest BCUT2D eigenvalue weighted by atomic mass is 35.5. The van der Waals surface area contributed by atoms with Gasteiger partial charge < -0.3 is 9.15 Å². The van der Waals surface area contributed by atoms with Crippen molar-refractivity contribution in [3.05, 3.63) is 51.6 Å². The van der Waals surface area contributed by atoms with Crippen LogP contribution in [-0.4, -0.2) is 10.2 Å². The molecular formula is C14H10Cl2N2O2S. The highest BCUT2D eigenvalue weighted by molar-refractivity contribution is 7.13. The molecule has 0 unspecified atom stereocenters. The monoisotopic (exact) mass is 340 g/mol. The smallest absolute Gasteiger partial charge is 0.257 e. The van der Waals surface area contributed by atoms with Gasteiger partial charge in [0.1, 0.15) is 5.75 Å². The van der Waals surface area contributed by atoms with Crippen LogP contribution in [0.5, 0.6) is 5.75 Å². The number of hydrogen-bond acceptors (Lipinski definition) is 5. The van der Waals surface area contributed by atoms with E-state index in [0.29, 0.717) is 27.6 Å². The van der Waals surface area contributed by atoms with Gasteiger partial charge >= 0.3 is 0 Å². The number of halogens is 2. The lowest BCUT2D eigenvalue weighted by molar-refractivity contribution is 0.190. The lowest BCUT2D eigenvalue weighted by atomic mass is 10.3. The second-order valence-electron chi connectivity index (χ2n) is 4.26. The minimum absolute atomic E-state index is 0.393. The molecule has 0 fully saturated rings. The van der Waals surface area contributed by atoms with Crippen LogP contribution in [0.15, 0.2) is 40.1 Å². The highest BCUT2D eigenvalue weighted by Gasteiger charge is 2.18. The second-order valence-corrected chi connectivity index (χ2v) is 6.05. The molecule has 0 radical (unpaired) electrons. The van der Waals surface area contributed by atoms with E-state index in [0.717, 1.165) is 4.88 Å². The summed E-state index contributed by atoms with van der Waals surface area (Å²) in [7, 11) is 0. The first-order valence-corrected chi connectivity index (χ1v) is 7.76. The number of nitrogens with zero attached hydrogens (tertiary/aromatic N) is 2. The highest BCUT2D eigenvalue weighted by Crippen LogP contribution is 2.32. The third-order valence-corrected chi connectivity index (χ3v) is 4.11. The molecule has 108 valence electrons. The largest absolute Gasteiger partial charge is 0.479 e. The van der Waals surface area contributed by atoms with Crippen LogP contribution < -0.4 is 4.74 Å². The van der Waals surface area contributed by atoms with Crippen LogP contribution in [0, 0.1) is 0 Å². The molecule has 0 spiro atoms. The van der Waals surface area contributed by atoms with E-state index in [1.165, 1.54) is 11.3 Å². The van der Waals surface area contributed by atoms with Crippen molar-refractivity contribution >= 4 is 34.5 Å². The third-order valence-electron chi connectivity index (χ3n) is 2.72. The van der Waals surface area contributed by atoms with Crippen molar-refractivity contribution in [2.45, 2.75) is 13.0 Å². The van der Waals surface area contributed by atoms with E-state index in [1.54, 1.807) is 18.2 Å². The SMILES string of the molecule is C[C@@H](Oc1ccc(Cl)cc1Cl)c1nnc(-c2cccs2)o1. The Morgan fingerprint density at radius 1 is 1.24 bits per heavy atom. The summed E-state index contributed by atoms with van der Waals surface area (Å²) in [5, 5.41) is 11.0. The zero-order valence-electron chi connectivity index (χ0n) is 10.9. The van der Waals surface area contributed by atoms with Crippen molar-refractivity contribution in [3.8, 4) is 16.5 Å². The number of benzene rings is 1. The van der Waals surface area contributed by atoms with Crippen LogP contribution in [-0.2, 0) is 0 Å². The van der Waals surface area contributed by atoms with Crippen molar-refractivity contribution in [1.29, 1.82) is 0 Å². The molecule has 2 heterocycles. The number of rotatable bonds is 4. The molecule has 7 heteroatoms. The Morgan fingerprint density at radius 2 is 2.10 bits per heavy atom.